The van der Waals surface area contributed by atoms with Gasteiger partial charge in [-0.25, -0.2) is 0 Å². The first-order valence-corrected chi connectivity index (χ1v) is 2.62. The Balaban J connectivity index is 0. The third-order valence-electron chi connectivity index (χ3n) is 0.515. The fourth-order valence-corrected chi connectivity index (χ4v) is 0. The molecule has 11 heavy (non-hydrogen) atoms. The zero-order valence-electron chi connectivity index (χ0n) is 6.12. The lowest BCUT2D eigenvalue weighted by Gasteiger charge is -1.93. The van der Waals surface area contributed by atoms with E-state index < -0.39 is 11.9 Å². The second-order valence-electron chi connectivity index (χ2n) is 1.59. The number of carboxylic acids is 2. The van der Waals surface area contributed by atoms with Crippen LogP contribution < -0.4 is 10.2 Å². The molecular weight excluding hydrogens is 148 g/mol. The van der Waals surface area contributed by atoms with Gasteiger partial charge in [-0.2, -0.15) is 0 Å². The summed E-state index contributed by atoms with van der Waals surface area (Å²) in [6, 6.07) is 0. The normalized spacial score (nSPS) is 7.00. The lowest BCUT2D eigenvalue weighted by Crippen LogP contribution is -2.22. The van der Waals surface area contributed by atoms with Gasteiger partial charge in [-0.15, -0.1) is 0 Å². The van der Waals surface area contributed by atoms with Crippen molar-refractivity contribution in [1.82, 2.24) is 0 Å². The summed E-state index contributed by atoms with van der Waals surface area (Å²) in [5, 5.41) is 18.6. The summed E-state index contributed by atoms with van der Waals surface area (Å²) in [6.45, 7) is 7.38. The molecule has 0 amide bonds. The SMILES string of the molecule is C=C(C)C(=O)[O-].C=CC(=O)[O-]. The molecule has 0 aliphatic rings. The predicted molar refractivity (Wildman–Crippen MR) is 35.0 cm³/mol. The van der Waals surface area contributed by atoms with Crippen LogP contribution in [0.5, 0.6) is 0 Å². The predicted octanol–water partition coefficient (Wildman–Crippen LogP) is -1.77. The Labute approximate surface area is 64.5 Å². The topological polar surface area (TPSA) is 80.3 Å². The van der Waals surface area contributed by atoms with E-state index in [9.17, 15) is 9.90 Å². The molecule has 0 bridgehead atoms. The van der Waals surface area contributed by atoms with Gasteiger partial charge in [-0.1, -0.05) is 13.2 Å². The van der Waals surface area contributed by atoms with Crippen LogP contribution >= 0.6 is 0 Å². The van der Waals surface area contributed by atoms with Crippen molar-refractivity contribution in [3.63, 3.8) is 0 Å². The molecule has 0 aliphatic heterocycles. The van der Waals surface area contributed by atoms with Gasteiger partial charge in [0.1, 0.15) is 0 Å². The Hall–Kier alpha value is -1.58. The van der Waals surface area contributed by atoms with E-state index in [-0.39, 0.29) is 5.57 Å². The fourth-order valence-electron chi connectivity index (χ4n) is 0. The van der Waals surface area contributed by atoms with E-state index in [1.165, 1.54) is 6.92 Å². The van der Waals surface area contributed by atoms with Gasteiger partial charge < -0.3 is 19.8 Å². The molecule has 0 unspecified atom stereocenters. The molecule has 0 saturated carbocycles. The molecule has 0 aromatic carbocycles. The number of rotatable bonds is 2. The van der Waals surface area contributed by atoms with Crippen molar-refractivity contribution in [2.24, 2.45) is 0 Å². The first-order valence-electron chi connectivity index (χ1n) is 2.62. The van der Waals surface area contributed by atoms with Crippen molar-refractivity contribution in [2.45, 2.75) is 6.92 Å². The van der Waals surface area contributed by atoms with Crippen LogP contribution in [0.25, 0.3) is 0 Å². The summed E-state index contributed by atoms with van der Waals surface area (Å²) in [5.74, 6) is -2.42. The Kier molecular flexibility index (Phi) is 7.21. The van der Waals surface area contributed by atoms with Gasteiger partial charge in [-0.3, -0.25) is 0 Å². The van der Waals surface area contributed by atoms with Crippen LogP contribution in [-0.2, 0) is 9.59 Å². The van der Waals surface area contributed by atoms with Crippen molar-refractivity contribution >= 4 is 11.9 Å². The number of carbonyl (C=O) groups excluding carboxylic acids is 2. The van der Waals surface area contributed by atoms with E-state index in [2.05, 4.69) is 13.2 Å². The average Bonchev–Trinajstić information content (AvgIpc) is 1.89. The number of aliphatic carboxylic acids is 2. The number of hydrogen-bond donors (Lipinski definition) is 0. The largest absolute Gasteiger partial charge is 0.545 e. The molecule has 4 heteroatoms. The van der Waals surface area contributed by atoms with Gasteiger partial charge in [0, 0.05) is 0 Å². The van der Waals surface area contributed by atoms with E-state index in [0.717, 1.165) is 6.08 Å². The van der Waals surface area contributed by atoms with Crippen LogP contribution in [0.1, 0.15) is 6.92 Å². The Morgan fingerprint density at radius 1 is 1.36 bits per heavy atom. The van der Waals surface area contributed by atoms with Crippen molar-refractivity contribution < 1.29 is 19.8 Å². The maximum Gasteiger partial charge on any atom is 0.0666 e. The fraction of sp³-hybridized carbons (Fsp3) is 0.143. The van der Waals surface area contributed by atoms with Crippen LogP contribution in [0, 0.1) is 0 Å². The lowest BCUT2D eigenvalue weighted by molar-refractivity contribution is -0.299. The number of hydrogen-bond acceptors (Lipinski definition) is 4. The zero-order chi connectivity index (χ0) is 9.44. The van der Waals surface area contributed by atoms with Crippen molar-refractivity contribution in [2.75, 3.05) is 0 Å². The Bertz CT molecular complexity index is 169. The van der Waals surface area contributed by atoms with Gasteiger partial charge in [-0.05, 0) is 18.6 Å². The zero-order valence-corrected chi connectivity index (χ0v) is 6.12. The smallest absolute Gasteiger partial charge is 0.0666 e. The minimum Gasteiger partial charge on any atom is -0.545 e. The minimum atomic E-state index is -1.23. The maximum absolute atomic E-state index is 9.49. The lowest BCUT2D eigenvalue weighted by atomic mass is 10.4. The molecule has 0 aromatic rings. The number of carboxylic acid groups (broad SMARTS) is 2. The van der Waals surface area contributed by atoms with Gasteiger partial charge in [0.05, 0.1) is 11.9 Å². The first kappa shape index (κ1) is 12.1. The van der Waals surface area contributed by atoms with Crippen LogP contribution in [-0.4, -0.2) is 11.9 Å². The van der Waals surface area contributed by atoms with E-state index in [1.54, 1.807) is 0 Å². The van der Waals surface area contributed by atoms with Crippen molar-refractivity contribution in [3.05, 3.63) is 24.8 Å². The van der Waals surface area contributed by atoms with Crippen LogP contribution in [0.4, 0.5) is 0 Å². The molecule has 62 valence electrons. The Morgan fingerprint density at radius 2 is 1.55 bits per heavy atom. The van der Waals surface area contributed by atoms with E-state index in [0.29, 0.717) is 0 Å². The molecule has 4 nitrogen and oxygen atoms in total. The van der Waals surface area contributed by atoms with Crippen molar-refractivity contribution in [1.29, 1.82) is 0 Å². The third-order valence-corrected chi connectivity index (χ3v) is 0.515. The van der Waals surface area contributed by atoms with Gasteiger partial charge in [0.25, 0.3) is 0 Å². The summed E-state index contributed by atoms with van der Waals surface area (Å²) >= 11 is 0. The highest BCUT2D eigenvalue weighted by Crippen LogP contribution is 1.77. The Morgan fingerprint density at radius 3 is 1.55 bits per heavy atom. The van der Waals surface area contributed by atoms with E-state index in [4.69, 9.17) is 9.90 Å². The second kappa shape index (κ2) is 6.54. The average molecular weight is 156 g/mol. The van der Waals surface area contributed by atoms with Gasteiger partial charge >= 0.3 is 0 Å². The van der Waals surface area contributed by atoms with Crippen LogP contribution in [0.3, 0.4) is 0 Å². The first-order chi connectivity index (χ1) is 4.91. The maximum atomic E-state index is 9.49. The van der Waals surface area contributed by atoms with Gasteiger partial charge in [0.15, 0.2) is 0 Å². The molecule has 0 N–H and O–H groups in total. The second-order valence-corrected chi connectivity index (χ2v) is 1.59. The quantitative estimate of drug-likeness (QED) is 0.443. The molecule has 0 heterocycles. The summed E-state index contributed by atoms with van der Waals surface area (Å²) in [4.78, 5) is 18.6. The summed E-state index contributed by atoms with van der Waals surface area (Å²) in [7, 11) is 0. The summed E-state index contributed by atoms with van der Waals surface area (Å²) in [5.41, 5.74) is 0.0648. The molecule has 0 aliphatic carbocycles. The summed E-state index contributed by atoms with van der Waals surface area (Å²) < 4.78 is 0. The molecule has 0 fully saturated rings. The molecular formula is C7H8O4-2. The van der Waals surface area contributed by atoms with Gasteiger partial charge in [0.2, 0.25) is 0 Å². The van der Waals surface area contributed by atoms with Crippen LogP contribution in [0.15, 0.2) is 24.8 Å². The molecule has 0 atom stereocenters. The molecule has 0 aromatic heterocycles. The highest BCUT2D eigenvalue weighted by Gasteiger charge is 1.76. The molecule has 0 saturated heterocycles. The highest BCUT2D eigenvalue weighted by atomic mass is 16.4. The minimum absolute atomic E-state index is 0.0648. The van der Waals surface area contributed by atoms with E-state index in [1.807, 2.05) is 0 Å². The summed E-state index contributed by atoms with van der Waals surface area (Å²) in [6.07, 6.45) is 0.722. The highest BCUT2D eigenvalue weighted by molar-refractivity contribution is 5.82. The van der Waals surface area contributed by atoms with Crippen LogP contribution in [0.2, 0.25) is 0 Å². The molecule has 0 radical (unpaired) electrons. The monoisotopic (exact) mass is 156 g/mol. The molecule has 0 rings (SSSR count). The third kappa shape index (κ3) is 17.8. The van der Waals surface area contributed by atoms with Crippen molar-refractivity contribution in [3.8, 4) is 0 Å². The molecule has 0 spiro atoms. The standard InChI is InChI=1S/C4H6O2.C3H4O2/c1-3(2)4(5)6;1-2-3(4)5/h1H2,2H3,(H,5,6);2H,1H2,(H,4,5)/p-2. The number of carbonyl (C=O) groups is 2. The van der Waals surface area contributed by atoms with E-state index >= 15 is 0 Å².